The monoisotopic (exact) mass is 738 g/mol. The van der Waals surface area contributed by atoms with Gasteiger partial charge in [0.05, 0.1) is 22.4 Å². The highest BCUT2D eigenvalue weighted by molar-refractivity contribution is 6.14. The summed E-state index contributed by atoms with van der Waals surface area (Å²) in [7, 11) is 0. The minimum atomic E-state index is 1.08. The Morgan fingerprint density at radius 1 is 0.293 bits per heavy atom. The highest BCUT2D eigenvalue weighted by Crippen LogP contribution is 2.45. The van der Waals surface area contributed by atoms with Gasteiger partial charge in [-0.25, -0.2) is 0 Å². The lowest BCUT2D eigenvalue weighted by atomic mass is 9.93. The topological polar surface area (TPSA) is 8.17 Å². The van der Waals surface area contributed by atoms with E-state index in [9.17, 15) is 0 Å². The Labute approximate surface area is 338 Å². The average Bonchev–Trinajstić information content (AvgIpc) is 3.64. The van der Waals surface area contributed by atoms with Gasteiger partial charge < -0.3 is 9.47 Å². The van der Waals surface area contributed by atoms with Crippen molar-refractivity contribution in [2.75, 3.05) is 4.90 Å². The molecule has 0 spiro atoms. The zero-order valence-electron chi connectivity index (χ0n) is 31.8. The molecule has 0 bridgehead atoms. The van der Waals surface area contributed by atoms with Crippen LogP contribution in [0.15, 0.2) is 231 Å². The summed E-state index contributed by atoms with van der Waals surface area (Å²) in [6, 6.07) is 83.7. The van der Waals surface area contributed by atoms with Gasteiger partial charge in [-0.1, -0.05) is 176 Å². The summed E-state index contributed by atoms with van der Waals surface area (Å²) in [5, 5.41) is 7.55. The van der Waals surface area contributed by atoms with E-state index in [1.165, 1.54) is 65.6 Å². The molecule has 1 heterocycles. The summed E-state index contributed by atoms with van der Waals surface area (Å²) in [5.41, 5.74) is 13.9. The van der Waals surface area contributed by atoms with Gasteiger partial charge in [-0.15, -0.1) is 0 Å². The predicted octanol–water partition coefficient (Wildman–Crippen LogP) is 15.6. The summed E-state index contributed by atoms with van der Waals surface area (Å²) in [4.78, 5) is 2.42. The molecule has 0 fully saturated rings. The molecular formula is C56H38N2. The van der Waals surface area contributed by atoms with Crippen LogP contribution in [0.25, 0.3) is 82.4 Å². The molecule has 0 aliphatic heterocycles. The number of nitrogens with zero attached hydrogens (tertiary/aromatic N) is 2. The molecule has 2 heteroatoms. The van der Waals surface area contributed by atoms with Crippen molar-refractivity contribution in [3.05, 3.63) is 231 Å². The minimum Gasteiger partial charge on any atom is -0.310 e. The number of benzene rings is 10. The van der Waals surface area contributed by atoms with Gasteiger partial charge in [0.25, 0.3) is 0 Å². The molecule has 0 aliphatic rings. The first-order valence-electron chi connectivity index (χ1n) is 19.9. The summed E-state index contributed by atoms with van der Waals surface area (Å²) < 4.78 is 2.43. The third kappa shape index (κ3) is 5.66. The third-order valence-corrected chi connectivity index (χ3v) is 11.6. The first-order valence-corrected chi connectivity index (χ1v) is 19.9. The van der Waals surface area contributed by atoms with Crippen LogP contribution >= 0.6 is 0 Å². The van der Waals surface area contributed by atoms with Gasteiger partial charge in [-0.2, -0.15) is 0 Å². The molecule has 58 heavy (non-hydrogen) atoms. The van der Waals surface area contributed by atoms with Gasteiger partial charge in [0.2, 0.25) is 0 Å². The molecule has 0 radical (unpaired) electrons. The fourth-order valence-corrected chi connectivity index (χ4v) is 8.93. The molecule has 0 atom stereocenters. The molecule has 272 valence electrons. The molecule has 0 aliphatic carbocycles. The van der Waals surface area contributed by atoms with Crippen LogP contribution in [0, 0.1) is 0 Å². The van der Waals surface area contributed by atoms with Crippen LogP contribution in [0.1, 0.15) is 0 Å². The molecule has 10 aromatic carbocycles. The second-order valence-electron chi connectivity index (χ2n) is 14.9. The van der Waals surface area contributed by atoms with Gasteiger partial charge in [-0.05, 0) is 98.4 Å². The van der Waals surface area contributed by atoms with Crippen molar-refractivity contribution in [1.82, 2.24) is 4.57 Å². The van der Waals surface area contributed by atoms with Crippen molar-refractivity contribution in [2.45, 2.75) is 0 Å². The van der Waals surface area contributed by atoms with Crippen LogP contribution in [-0.4, -0.2) is 4.57 Å². The maximum atomic E-state index is 2.43. The first kappa shape index (κ1) is 33.6. The molecule has 11 aromatic rings. The van der Waals surface area contributed by atoms with Crippen LogP contribution in [0.5, 0.6) is 0 Å². The Morgan fingerprint density at radius 3 is 1.48 bits per heavy atom. The maximum Gasteiger partial charge on any atom is 0.0542 e. The molecule has 2 nitrogen and oxygen atoms in total. The largest absolute Gasteiger partial charge is 0.310 e. The van der Waals surface area contributed by atoms with Crippen LogP contribution in [0.3, 0.4) is 0 Å². The SMILES string of the molecule is c1ccc(-c2ccccc2N(c2ccc(-c3cc4ccccc4c4ccccc34)cc2)c2ccc(-n3c4ccccc4c4ccccc43)c(-c3ccccc3)c2)cc1. The number of aromatic nitrogens is 1. The highest BCUT2D eigenvalue weighted by atomic mass is 15.1. The third-order valence-electron chi connectivity index (χ3n) is 11.6. The number of hydrogen-bond donors (Lipinski definition) is 0. The van der Waals surface area contributed by atoms with Crippen molar-refractivity contribution in [1.29, 1.82) is 0 Å². The van der Waals surface area contributed by atoms with E-state index in [4.69, 9.17) is 0 Å². The Bertz CT molecular complexity index is 3220. The molecule has 0 N–H and O–H groups in total. The fraction of sp³-hybridized carbons (Fsp3) is 0. The van der Waals surface area contributed by atoms with E-state index in [0.717, 1.165) is 33.9 Å². The van der Waals surface area contributed by atoms with Crippen LogP contribution in [-0.2, 0) is 0 Å². The van der Waals surface area contributed by atoms with Crippen molar-refractivity contribution < 1.29 is 0 Å². The Hall–Kier alpha value is -7.68. The summed E-state index contributed by atoms with van der Waals surface area (Å²) in [5.74, 6) is 0. The lowest BCUT2D eigenvalue weighted by Gasteiger charge is -2.29. The van der Waals surface area contributed by atoms with E-state index in [1.807, 2.05) is 0 Å². The second-order valence-corrected chi connectivity index (χ2v) is 14.9. The summed E-state index contributed by atoms with van der Waals surface area (Å²) in [6.45, 7) is 0. The zero-order valence-corrected chi connectivity index (χ0v) is 31.8. The van der Waals surface area contributed by atoms with Gasteiger partial charge >= 0.3 is 0 Å². The van der Waals surface area contributed by atoms with E-state index in [-0.39, 0.29) is 0 Å². The molecule has 0 unspecified atom stereocenters. The molecule has 0 amide bonds. The van der Waals surface area contributed by atoms with Crippen molar-refractivity contribution >= 4 is 60.4 Å². The van der Waals surface area contributed by atoms with Crippen molar-refractivity contribution in [2.24, 2.45) is 0 Å². The van der Waals surface area contributed by atoms with E-state index in [2.05, 4.69) is 240 Å². The second kappa shape index (κ2) is 14.1. The highest BCUT2D eigenvalue weighted by Gasteiger charge is 2.21. The predicted molar refractivity (Wildman–Crippen MR) is 247 cm³/mol. The fourth-order valence-electron chi connectivity index (χ4n) is 8.93. The number of hydrogen-bond acceptors (Lipinski definition) is 1. The van der Waals surface area contributed by atoms with Crippen LogP contribution in [0.2, 0.25) is 0 Å². The smallest absolute Gasteiger partial charge is 0.0542 e. The molecule has 11 rings (SSSR count). The Kier molecular flexibility index (Phi) is 8.19. The van der Waals surface area contributed by atoms with E-state index in [0.29, 0.717) is 0 Å². The lowest BCUT2D eigenvalue weighted by molar-refractivity contribution is 1.17. The van der Waals surface area contributed by atoms with Gasteiger partial charge in [0, 0.05) is 33.3 Å². The number of anilines is 3. The van der Waals surface area contributed by atoms with E-state index in [1.54, 1.807) is 0 Å². The molecule has 0 saturated heterocycles. The minimum absolute atomic E-state index is 1.08. The molecule has 1 aromatic heterocycles. The summed E-state index contributed by atoms with van der Waals surface area (Å²) in [6.07, 6.45) is 0. The molecular weight excluding hydrogens is 701 g/mol. The van der Waals surface area contributed by atoms with E-state index < -0.39 is 0 Å². The van der Waals surface area contributed by atoms with Crippen LogP contribution < -0.4 is 4.90 Å². The lowest BCUT2D eigenvalue weighted by Crippen LogP contribution is -2.12. The van der Waals surface area contributed by atoms with Crippen molar-refractivity contribution in [3.63, 3.8) is 0 Å². The zero-order chi connectivity index (χ0) is 38.4. The average molecular weight is 739 g/mol. The number of fused-ring (bicyclic) bond motifs is 6. The standard InChI is InChI=1S/C56H38N2/c1-3-17-39(18-4-1)46-23-11-14-28-53(46)57(43-33-31-41(32-34-43)51-37-42-21-7-8-22-45(42)47-24-9-10-25-48(47)51)44-35-36-56(52(38-44)40-19-5-2-6-20-40)58-54-29-15-12-26-49(54)50-27-13-16-30-55(50)58/h1-38H. The van der Waals surface area contributed by atoms with E-state index >= 15 is 0 Å². The van der Waals surface area contributed by atoms with Crippen LogP contribution in [0.4, 0.5) is 17.1 Å². The number of para-hydroxylation sites is 3. The van der Waals surface area contributed by atoms with Gasteiger partial charge in [0.1, 0.15) is 0 Å². The summed E-state index contributed by atoms with van der Waals surface area (Å²) >= 11 is 0. The number of rotatable bonds is 7. The molecule has 0 saturated carbocycles. The Morgan fingerprint density at radius 2 is 0.793 bits per heavy atom. The van der Waals surface area contributed by atoms with Gasteiger partial charge in [0.15, 0.2) is 0 Å². The maximum absolute atomic E-state index is 2.43. The Balaban J connectivity index is 1.13. The normalized spacial score (nSPS) is 11.4. The first-order chi connectivity index (χ1) is 28.8. The van der Waals surface area contributed by atoms with Gasteiger partial charge in [-0.3, -0.25) is 0 Å². The van der Waals surface area contributed by atoms with Crippen molar-refractivity contribution in [3.8, 4) is 39.1 Å². The quantitative estimate of drug-likeness (QED) is 0.148.